The van der Waals surface area contributed by atoms with E-state index in [2.05, 4.69) is 12.2 Å². The summed E-state index contributed by atoms with van der Waals surface area (Å²) < 4.78 is 4.79. The number of carbonyl (C=O) groups excluding carboxylic acids is 1. The third-order valence-corrected chi connectivity index (χ3v) is 3.71. The van der Waals surface area contributed by atoms with E-state index in [1.165, 1.54) is 39.2 Å². The van der Waals surface area contributed by atoms with Crippen LogP contribution >= 0.6 is 0 Å². The standard InChI is InChI=1S/C13H25NO2/c1-4-12(13(15)16-3)14-10(2)11-8-6-5-7-9-11/h10-12,14H,4-9H2,1-3H3/t10-,12?/m1/s1. The summed E-state index contributed by atoms with van der Waals surface area (Å²) in [7, 11) is 1.46. The van der Waals surface area contributed by atoms with E-state index >= 15 is 0 Å². The van der Waals surface area contributed by atoms with Gasteiger partial charge in [-0.3, -0.25) is 4.79 Å². The molecule has 0 aromatic rings. The molecule has 0 spiro atoms. The normalized spacial score (nSPS) is 21.4. The van der Waals surface area contributed by atoms with Crippen molar-refractivity contribution < 1.29 is 9.53 Å². The number of rotatable bonds is 5. The van der Waals surface area contributed by atoms with E-state index in [9.17, 15) is 4.79 Å². The van der Waals surface area contributed by atoms with Gasteiger partial charge in [0.1, 0.15) is 6.04 Å². The maximum atomic E-state index is 11.5. The quantitative estimate of drug-likeness (QED) is 0.733. The number of hydrogen-bond donors (Lipinski definition) is 1. The predicted molar refractivity (Wildman–Crippen MR) is 65.3 cm³/mol. The molecule has 0 aromatic heterocycles. The van der Waals surface area contributed by atoms with Gasteiger partial charge in [-0.05, 0) is 32.1 Å². The number of ether oxygens (including phenoxy) is 1. The van der Waals surface area contributed by atoms with Gasteiger partial charge in [-0.15, -0.1) is 0 Å². The maximum absolute atomic E-state index is 11.5. The molecule has 1 aliphatic rings. The lowest BCUT2D eigenvalue weighted by molar-refractivity contribution is -0.143. The van der Waals surface area contributed by atoms with Crippen LogP contribution in [0, 0.1) is 5.92 Å². The Morgan fingerprint density at radius 1 is 1.38 bits per heavy atom. The molecule has 0 aliphatic heterocycles. The molecule has 3 heteroatoms. The zero-order valence-corrected chi connectivity index (χ0v) is 10.8. The van der Waals surface area contributed by atoms with Gasteiger partial charge in [0.05, 0.1) is 7.11 Å². The number of esters is 1. The summed E-state index contributed by atoms with van der Waals surface area (Å²) in [5.41, 5.74) is 0. The second-order valence-corrected chi connectivity index (χ2v) is 4.84. The van der Waals surface area contributed by atoms with Gasteiger partial charge in [-0.1, -0.05) is 26.2 Å². The predicted octanol–water partition coefficient (Wildman–Crippen LogP) is 2.50. The Hall–Kier alpha value is -0.570. The molecule has 1 rings (SSSR count). The van der Waals surface area contributed by atoms with Gasteiger partial charge >= 0.3 is 5.97 Å². The molecular formula is C13H25NO2. The summed E-state index contributed by atoms with van der Waals surface area (Å²) in [5, 5.41) is 3.41. The summed E-state index contributed by atoms with van der Waals surface area (Å²) in [6, 6.07) is 0.284. The van der Waals surface area contributed by atoms with Crippen molar-refractivity contribution in [3.05, 3.63) is 0 Å². The van der Waals surface area contributed by atoms with Gasteiger partial charge in [0, 0.05) is 6.04 Å². The molecular weight excluding hydrogens is 202 g/mol. The molecule has 0 heterocycles. The average molecular weight is 227 g/mol. The van der Waals surface area contributed by atoms with Crippen molar-refractivity contribution in [3.8, 4) is 0 Å². The van der Waals surface area contributed by atoms with Gasteiger partial charge in [0.15, 0.2) is 0 Å². The third kappa shape index (κ3) is 3.78. The summed E-state index contributed by atoms with van der Waals surface area (Å²) in [6.07, 6.45) is 7.44. The molecule has 0 bridgehead atoms. The van der Waals surface area contributed by atoms with Crippen LogP contribution in [-0.2, 0) is 9.53 Å². The van der Waals surface area contributed by atoms with Gasteiger partial charge < -0.3 is 10.1 Å². The average Bonchev–Trinajstić information content (AvgIpc) is 2.35. The van der Waals surface area contributed by atoms with Crippen molar-refractivity contribution >= 4 is 5.97 Å². The number of hydrogen-bond acceptors (Lipinski definition) is 3. The summed E-state index contributed by atoms with van der Waals surface area (Å²) in [6.45, 7) is 4.21. The van der Waals surface area contributed by atoms with Crippen LogP contribution in [0.15, 0.2) is 0 Å². The highest BCUT2D eigenvalue weighted by atomic mass is 16.5. The zero-order chi connectivity index (χ0) is 12.0. The number of carbonyl (C=O) groups is 1. The maximum Gasteiger partial charge on any atom is 0.322 e. The fourth-order valence-electron chi connectivity index (χ4n) is 2.58. The molecule has 1 saturated carbocycles. The fraction of sp³-hybridized carbons (Fsp3) is 0.923. The van der Waals surface area contributed by atoms with Gasteiger partial charge in [0.2, 0.25) is 0 Å². The summed E-state index contributed by atoms with van der Waals surface area (Å²) >= 11 is 0. The number of nitrogens with one attached hydrogen (secondary N) is 1. The lowest BCUT2D eigenvalue weighted by Crippen LogP contribution is -2.45. The number of methoxy groups -OCH3 is 1. The first kappa shape index (κ1) is 13.5. The van der Waals surface area contributed by atoms with Crippen LogP contribution in [0.1, 0.15) is 52.4 Å². The SMILES string of the molecule is CCC(N[C@H](C)C1CCCCC1)C(=O)OC. The molecule has 1 fully saturated rings. The Morgan fingerprint density at radius 2 is 2.00 bits per heavy atom. The van der Waals surface area contributed by atoms with Crippen LogP contribution in [0.3, 0.4) is 0 Å². The third-order valence-electron chi connectivity index (χ3n) is 3.71. The topological polar surface area (TPSA) is 38.3 Å². The largest absolute Gasteiger partial charge is 0.468 e. The molecule has 0 amide bonds. The Balaban J connectivity index is 2.40. The second kappa shape index (κ2) is 6.89. The molecule has 0 saturated heterocycles. The van der Waals surface area contributed by atoms with Crippen LogP contribution in [-0.4, -0.2) is 25.2 Å². The molecule has 0 radical (unpaired) electrons. The van der Waals surface area contributed by atoms with Crippen molar-refractivity contribution in [1.29, 1.82) is 0 Å². The Kier molecular flexibility index (Phi) is 5.81. The van der Waals surface area contributed by atoms with E-state index in [0.29, 0.717) is 6.04 Å². The molecule has 94 valence electrons. The first-order valence-electron chi connectivity index (χ1n) is 6.53. The van der Waals surface area contributed by atoms with Crippen LogP contribution in [0.4, 0.5) is 0 Å². The van der Waals surface area contributed by atoms with E-state index in [1.54, 1.807) is 0 Å². The zero-order valence-electron chi connectivity index (χ0n) is 10.8. The minimum Gasteiger partial charge on any atom is -0.468 e. The van der Waals surface area contributed by atoms with Crippen LogP contribution in [0.25, 0.3) is 0 Å². The Morgan fingerprint density at radius 3 is 2.50 bits per heavy atom. The van der Waals surface area contributed by atoms with Crippen molar-refractivity contribution in [3.63, 3.8) is 0 Å². The monoisotopic (exact) mass is 227 g/mol. The fourth-order valence-corrected chi connectivity index (χ4v) is 2.58. The highest BCUT2D eigenvalue weighted by Crippen LogP contribution is 2.26. The van der Waals surface area contributed by atoms with Gasteiger partial charge in [-0.2, -0.15) is 0 Å². The Bertz CT molecular complexity index is 212. The molecule has 16 heavy (non-hydrogen) atoms. The Labute approximate surface area is 98.9 Å². The second-order valence-electron chi connectivity index (χ2n) is 4.84. The molecule has 3 nitrogen and oxygen atoms in total. The van der Waals surface area contributed by atoms with Crippen LogP contribution < -0.4 is 5.32 Å². The van der Waals surface area contributed by atoms with Crippen molar-refractivity contribution in [2.24, 2.45) is 5.92 Å². The molecule has 2 atom stereocenters. The first-order chi connectivity index (χ1) is 7.69. The van der Waals surface area contributed by atoms with E-state index in [0.717, 1.165) is 12.3 Å². The summed E-state index contributed by atoms with van der Waals surface area (Å²) in [4.78, 5) is 11.5. The summed E-state index contributed by atoms with van der Waals surface area (Å²) in [5.74, 6) is 0.595. The minimum atomic E-state index is -0.137. The smallest absolute Gasteiger partial charge is 0.322 e. The lowest BCUT2D eigenvalue weighted by atomic mass is 9.84. The molecule has 1 unspecified atom stereocenters. The highest BCUT2D eigenvalue weighted by Gasteiger charge is 2.25. The van der Waals surface area contributed by atoms with Crippen LogP contribution in [0.5, 0.6) is 0 Å². The lowest BCUT2D eigenvalue weighted by Gasteiger charge is -2.30. The molecule has 0 aromatic carbocycles. The van der Waals surface area contributed by atoms with Crippen molar-refractivity contribution in [1.82, 2.24) is 5.32 Å². The van der Waals surface area contributed by atoms with Crippen molar-refractivity contribution in [2.75, 3.05) is 7.11 Å². The first-order valence-corrected chi connectivity index (χ1v) is 6.53. The van der Waals surface area contributed by atoms with E-state index < -0.39 is 0 Å². The molecule has 1 aliphatic carbocycles. The van der Waals surface area contributed by atoms with E-state index in [-0.39, 0.29) is 12.0 Å². The van der Waals surface area contributed by atoms with Crippen molar-refractivity contribution in [2.45, 2.75) is 64.5 Å². The molecule has 1 N–H and O–H groups in total. The van der Waals surface area contributed by atoms with Crippen LogP contribution in [0.2, 0.25) is 0 Å². The highest BCUT2D eigenvalue weighted by molar-refractivity contribution is 5.75. The minimum absolute atomic E-state index is 0.134. The van der Waals surface area contributed by atoms with Gasteiger partial charge in [0.25, 0.3) is 0 Å². The van der Waals surface area contributed by atoms with E-state index in [1.807, 2.05) is 6.92 Å². The van der Waals surface area contributed by atoms with Gasteiger partial charge in [-0.25, -0.2) is 0 Å². The van der Waals surface area contributed by atoms with E-state index in [4.69, 9.17) is 4.74 Å².